The highest BCUT2D eigenvalue weighted by Crippen LogP contribution is 2.13. The van der Waals surface area contributed by atoms with Crippen LogP contribution in [0.1, 0.15) is 40.0 Å². The maximum atomic E-state index is 11.7. The highest BCUT2D eigenvalue weighted by Gasteiger charge is 2.07. The van der Waals surface area contributed by atoms with E-state index >= 15 is 0 Å². The van der Waals surface area contributed by atoms with Gasteiger partial charge in [0.15, 0.2) is 0 Å². The zero-order valence-corrected chi connectivity index (χ0v) is 12.6. The van der Waals surface area contributed by atoms with E-state index in [-0.39, 0.29) is 12.1 Å². The molecule has 0 aliphatic rings. The minimum absolute atomic E-state index is 0.167. The van der Waals surface area contributed by atoms with E-state index in [1.165, 1.54) is 6.42 Å². The van der Waals surface area contributed by atoms with E-state index in [2.05, 4.69) is 24.5 Å². The molecule has 0 unspecified atom stereocenters. The van der Waals surface area contributed by atoms with E-state index < -0.39 is 0 Å². The number of hydrogen-bond acceptors (Lipinski definition) is 1. The maximum Gasteiger partial charge on any atom is 0.319 e. The molecule has 0 heterocycles. The van der Waals surface area contributed by atoms with Gasteiger partial charge < -0.3 is 10.6 Å². The van der Waals surface area contributed by atoms with Crippen LogP contribution in [0.2, 0.25) is 5.02 Å². The third-order valence-corrected chi connectivity index (χ3v) is 3.15. The Morgan fingerprint density at radius 2 is 1.79 bits per heavy atom. The summed E-state index contributed by atoms with van der Waals surface area (Å²) in [7, 11) is 0. The quantitative estimate of drug-likeness (QED) is 0.782. The van der Waals surface area contributed by atoms with Crippen molar-refractivity contribution in [1.29, 1.82) is 0 Å². The zero-order chi connectivity index (χ0) is 14.3. The second kappa shape index (κ2) is 8.05. The third kappa shape index (κ3) is 7.06. The lowest BCUT2D eigenvalue weighted by Crippen LogP contribution is -2.36. The first-order valence-corrected chi connectivity index (χ1v) is 7.18. The smallest absolute Gasteiger partial charge is 0.319 e. The Hall–Kier alpha value is -1.22. The van der Waals surface area contributed by atoms with Crippen LogP contribution >= 0.6 is 11.6 Å². The molecule has 0 fully saturated rings. The summed E-state index contributed by atoms with van der Waals surface area (Å²) in [5.41, 5.74) is 0.747. The SMILES string of the molecule is CC(C)CCC[C@H](C)NC(=O)Nc1ccc(Cl)cc1. The first-order valence-electron chi connectivity index (χ1n) is 6.80. The van der Waals surface area contributed by atoms with E-state index in [1.807, 2.05) is 6.92 Å². The van der Waals surface area contributed by atoms with E-state index in [1.54, 1.807) is 24.3 Å². The van der Waals surface area contributed by atoms with E-state index in [4.69, 9.17) is 11.6 Å². The molecule has 2 N–H and O–H groups in total. The molecule has 2 amide bonds. The van der Waals surface area contributed by atoms with Crippen molar-refractivity contribution >= 4 is 23.3 Å². The third-order valence-electron chi connectivity index (χ3n) is 2.90. The Morgan fingerprint density at radius 1 is 1.16 bits per heavy atom. The molecule has 4 heteroatoms. The van der Waals surface area contributed by atoms with Gasteiger partial charge in [-0.05, 0) is 43.5 Å². The average molecular weight is 283 g/mol. The maximum absolute atomic E-state index is 11.7. The monoisotopic (exact) mass is 282 g/mol. The minimum Gasteiger partial charge on any atom is -0.335 e. The van der Waals surface area contributed by atoms with Crippen molar-refractivity contribution in [3.05, 3.63) is 29.3 Å². The molecule has 19 heavy (non-hydrogen) atoms. The molecule has 0 aromatic heterocycles. The van der Waals surface area contributed by atoms with Gasteiger partial charge in [-0.15, -0.1) is 0 Å². The molecule has 0 saturated heterocycles. The predicted molar refractivity (Wildman–Crippen MR) is 81.8 cm³/mol. The number of hydrogen-bond donors (Lipinski definition) is 2. The summed E-state index contributed by atoms with van der Waals surface area (Å²) >= 11 is 5.79. The lowest BCUT2D eigenvalue weighted by molar-refractivity contribution is 0.248. The van der Waals surface area contributed by atoms with Crippen molar-refractivity contribution in [2.75, 3.05) is 5.32 Å². The van der Waals surface area contributed by atoms with Crippen LogP contribution < -0.4 is 10.6 Å². The molecule has 1 atom stereocenters. The molecule has 0 radical (unpaired) electrons. The summed E-state index contributed by atoms with van der Waals surface area (Å²) < 4.78 is 0. The normalized spacial score (nSPS) is 12.3. The number of halogens is 1. The Balaban J connectivity index is 2.28. The molecule has 1 aromatic rings. The molecule has 0 aliphatic carbocycles. The highest BCUT2D eigenvalue weighted by atomic mass is 35.5. The molecule has 0 bridgehead atoms. The van der Waals surface area contributed by atoms with Crippen molar-refractivity contribution in [2.45, 2.75) is 46.1 Å². The summed E-state index contributed by atoms with van der Waals surface area (Å²) in [5.74, 6) is 0.718. The van der Waals surface area contributed by atoms with Crippen LogP contribution in [0.4, 0.5) is 10.5 Å². The lowest BCUT2D eigenvalue weighted by Gasteiger charge is -2.15. The van der Waals surface area contributed by atoms with Gasteiger partial charge in [-0.3, -0.25) is 0 Å². The van der Waals surface area contributed by atoms with Crippen molar-refractivity contribution in [3.8, 4) is 0 Å². The van der Waals surface area contributed by atoms with E-state index in [0.717, 1.165) is 24.4 Å². The van der Waals surface area contributed by atoms with Gasteiger partial charge in [0.1, 0.15) is 0 Å². The van der Waals surface area contributed by atoms with Crippen LogP contribution in [-0.2, 0) is 0 Å². The number of carbonyl (C=O) groups excluding carboxylic acids is 1. The summed E-state index contributed by atoms with van der Waals surface area (Å²) in [6.07, 6.45) is 3.34. The van der Waals surface area contributed by atoms with Gasteiger partial charge in [0, 0.05) is 16.8 Å². The van der Waals surface area contributed by atoms with Gasteiger partial charge in [0.2, 0.25) is 0 Å². The first kappa shape index (κ1) is 15.8. The fourth-order valence-electron chi connectivity index (χ4n) is 1.83. The Labute approximate surface area is 120 Å². The number of rotatable bonds is 6. The Kier molecular flexibility index (Phi) is 6.71. The van der Waals surface area contributed by atoms with Crippen molar-refractivity contribution < 1.29 is 4.79 Å². The Morgan fingerprint density at radius 3 is 2.37 bits per heavy atom. The van der Waals surface area contributed by atoms with E-state index in [0.29, 0.717) is 5.02 Å². The molecule has 0 aliphatic heterocycles. The van der Waals surface area contributed by atoms with Crippen LogP contribution in [0.5, 0.6) is 0 Å². The largest absolute Gasteiger partial charge is 0.335 e. The number of urea groups is 1. The van der Waals surface area contributed by atoms with E-state index in [9.17, 15) is 4.79 Å². The zero-order valence-electron chi connectivity index (χ0n) is 11.9. The van der Waals surface area contributed by atoms with Crippen molar-refractivity contribution in [1.82, 2.24) is 5.32 Å². The fraction of sp³-hybridized carbons (Fsp3) is 0.533. The van der Waals surface area contributed by atoms with Gasteiger partial charge in [0.25, 0.3) is 0 Å². The topological polar surface area (TPSA) is 41.1 Å². The van der Waals surface area contributed by atoms with Gasteiger partial charge in [-0.1, -0.05) is 38.3 Å². The predicted octanol–water partition coefficient (Wildman–Crippen LogP) is 4.68. The number of nitrogens with one attached hydrogen (secondary N) is 2. The van der Waals surface area contributed by atoms with Crippen LogP contribution in [0.15, 0.2) is 24.3 Å². The summed E-state index contributed by atoms with van der Waals surface area (Å²) in [4.78, 5) is 11.7. The van der Waals surface area contributed by atoms with Crippen LogP contribution in [0, 0.1) is 5.92 Å². The second-order valence-electron chi connectivity index (χ2n) is 5.33. The first-order chi connectivity index (χ1) is 8.97. The van der Waals surface area contributed by atoms with Gasteiger partial charge in [-0.2, -0.15) is 0 Å². The summed E-state index contributed by atoms with van der Waals surface area (Å²) in [5, 5.41) is 6.38. The highest BCUT2D eigenvalue weighted by molar-refractivity contribution is 6.30. The average Bonchev–Trinajstić information content (AvgIpc) is 2.31. The summed E-state index contributed by atoms with van der Waals surface area (Å²) in [6, 6.07) is 7.09. The molecule has 1 aromatic carbocycles. The lowest BCUT2D eigenvalue weighted by atomic mass is 10.0. The standard InChI is InChI=1S/C15H23ClN2O/c1-11(2)5-4-6-12(3)17-15(19)18-14-9-7-13(16)8-10-14/h7-12H,4-6H2,1-3H3,(H2,17,18,19)/t12-/m0/s1. The van der Waals surface area contributed by atoms with Gasteiger partial charge in [-0.25, -0.2) is 4.79 Å². The van der Waals surface area contributed by atoms with Gasteiger partial charge in [0.05, 0.1) is 0 Å². The fourth-order valence-corrected chi connectivity index (χ4v) is 1.95. The number of anilines is 1. The number of amides is 2. The van der Waals surface area contributed by atoms with Crippen molar-refractivity contribution in [3.63, 3.8) is 0 Å². The van der Waals surface area contributed by atoms with Crippen molar-refractivity contribution in [2.24, 2.45) is 5.92 Å². The minimum atomic E-state index is -0.167. The molecular formula is C15H23ClN2O. The number of carbonyl (C=O) groups is 1. The second-order valence-corrected chi connectivity index (χ2v) is 5.77. The molecule has 0 spiro atoms. The molecule has 106 valence electrons. The van der Waals surface area contributed by atoms with Crippen LogP contribution in [0.25, 0.3) is 0 Å². The molecular weight excluding hydrogens is 260 g/mol. The molecule has 3 nitrogen and oxygen atoms in total. The Bertz CT molecular complexity index is 390. The molecule has 1 rings (SSSR count). The van der Waals surface area contributed by atoms with Crippen LogP contribution in [0.3, 0.4) is 0 Å². The summed E-state index contributed by atoms with van der Waals surface area (Å²) in [6.45, 7) is 6.46. The van der Waals surface area contributed by atoms with Gasteiger partial charge >= 0.3 is 6.03 Å². The molecule has 0 saturated carbocycles. The van der Waals surface area contributed by atoms with Crippen LogP contribution in [-0.4, -0.2) is 12.1 Å². The number of benzene rings is 1.